The first-order valence-corrected chi connectivity index (χ1v) is 10.3. The van der Waals surface area contributed by atoms with Gasteiger partial charge in [0.2, 0.25) is 5.91 Å². The van der Waals surface area contributed by atoms with E-state index in [0.29, 0.717) is 6.42 Å². The van der Waals surface area contributed by atoms with Gasteiger partial charge in [0.25, 0.3) is 5.91 Å². The third kappa shape index (κ3) is 4.26. The fourth-order valence-electron chi connectivity index (χ4n) is 2.79. The zero-order valence-corrected chi connectivity index (χ0v) is 16.3. The molecule has 27 heavy (non-hydrogen) atoms. The number of amides is 2. The Morgan fingerprint density at radius 2 is 1.93 bits per heavy atom. The molecule has 0 saturated carbocycles. The van der Waals surface area contributed by atoms with Crippen molar-refractivity contribution in [1.29, 1.82) is 0 Å². The summed E-state index contributed by atoms with van der Waals surface area (Å²) in [5.74, 6) is -0.420. The number of hydrogen-bond acceptors (Lipinski definition) is 5. The lowest BCUT2D eigenvalue weighted by molar-refractivity contribution is -0.121. The van der Waals surface area contributed by atoms with E-state index in [2.05, 4.69) is 15.3 Å². The summed E-state index contributed by atoms with van der Waals surface area (Å²) < 4.78 is 1.12. The lowest BCUT2D eigenvalue weighted by Crippen LogP contribution is -2.21. The van der Waals surface area contributed by atoms with Crippen LogP contribution in [0.3, 0.4) is 0 Å². The maximum atomic E-state index is 12.2. The molecule has 4 rings (SSSR count). The molecule has 0 bridgehead atoms. The van der Waals surface area contributed by atoms with Crippen LogP contribution in [0.15, 0.2) is 53.5 Å². The van der Waals surface area contributed by atoms with Crippen molar-refractivity contribution < 1.29 is 9.59 Å². The molecule has 1 aliphatic rings. The van der Waals surface area contributed by atoms with E-state index in [-0.39, 0.29) is 18.2 Å². The van der Waals surface area contributed by atoms with Gasteiger partial charge in [0.05, 0.1) is 15.3 Å². The molecule has 7 heteroatoms. The van der Waals surface area contributed by atoms with Crippen LogP contribution in [0.1, 0.15) is 17.0 Å². The van der Waals surface area contributed by atoms with Crippen molar-refractivity contribution in [2.75, 3.05) is 5.32 Å². The van der Waals surface area contributed by atoms with Gasteiger partial charge < -0.3 is 5.32 Å². The molecule has 0 fully saturated rings. The number of anilines is 1. The number of carbonyl (C=O) groups excluding carboxylic acids is 2. The van der Waals surface area contributed by atoms with E-state index in [1.54, 1.807) is 11.3 Å². The quantitative estimate of drug-likeness (QED) is 0.702. The molecular weight excluding hydrogens is 378 g/mol. The van der Waals surface area contributed by atoms with Crippen LogP contribution in [0.5, 0.6) is 0 Å². The zero-order valence-electron chi connectivity index (χ0n) is 14.6. The Labute approximate surface area is 164 Å². The monoisotopic (exact) mass is 395 g/mol. The third-order valence-corrected chi connectivity index (χ3v) is 6.33. The van der Waals surface area contributed by atoms with E-state index in [1.807, 2.05) is 55.5 Å². The number of aryl methyl sites for hydroxylation is 1. The summed E-state index contributed by atoms with van der Waals surface area (Å²) in [6.07, 6.45) is 0.649. The molecule has 1 aromatic heterocycles. The Kier molecular flexibility index (Phi) is 5.05. The van der Waals surface area contributed by atoms with Crippen molar-refractivity contribution in [2.24, 2.45) is 4.99 Å². The number of nitrogens with one attached hydrogen (secondary N) is 1. The van der Waals surface area contributed by atoms with Gasteiger partial charge in [-0.1, -0.05) is 41.6 Å². The molecule has 3 aromatic rings. The highest BCUT2D eigenvalue weighted by Gasteiger charge is 2.30. The van der Waals surface area contributed by atoms with Gasteiger partial charge in [0.1, 0.15) is 10.3 Å². The molecule has 2 amide bonds. The molecule has 136 valence electrons. The van der Waals surface area contributed by atoms with Crippen LogP contribution in [-0.4, -0.2) is 27.1 Å². The molecule has 0 unspecified atom stereocenters. The molecule has 2 aromatic carbocycles. The largest absolute Gasteiger partial charge is 0.326 e. The smallest absolute Gasteiger partial charge is 0.260 e. The predicted molar refractivity (Wildman–Crippen MR) is 112 cm³/mol. The van der Waals surface area contributed by atoms with Crippen LogP contribution in [0, 0.1) is 6.92 Å². The number of thiazole rings is 1. The van der Waals surface area contributed by atoms with Gasteiger partial charge in [-0.25, -0.2) is 9.98 Å². The Morgan fingerprint density at radius 1 is 1.15 bits per heavy atom. The normalized spacial score (nSPS) is 16.6. The molecule has 5 nitrogen and oxygen atoms in total. The number of nitrogens with zero attached hydrogens (tertiary/aromatic N) is 2. The van der Waals surface area contributed by atoms with E-state index in [0.717, 1.165) is 31.5 Å². The highest BCUT2D eigenvalue weighted by Crippen LogP contribution is 2.30. The van der Waals surface area contributed by atoms with E-state index >= 15 is 0 Å². The molecule has 0 saturated heterocycles. The number of para-hydroxylation sites is 1. The third-order valence-electron chi connectivity index (χ3n) is 4.14. The summed E-state index contributed by atoms with van der Waals surface area (Å²) in [6, 6.07) is 15.5. The molecule has 2 heterocycles. The molecule has 0 radical (unpaired) electrons. The maximum Gasteiger partial charge on any atom is 0.260 e. The highest BCUT2D eigenvalue weighted by atomic mass is 32.2. The van der Waals surface area contributed by atoms with E-state index in [1.165, 1.54) is 11.8 Å². The molecular formula is C20H17N3O2S2. The number of thioether (sulfide) groups is 1. The van der Waals surface area contributed by atoms with E-state index in [4.69, 9.17) is 0 Å². The molecule has 1 N–H and O–H groups in total. The predicted octanol–water partition coefficient (Wildman–Crippen LogP) is 4.22. The van der Waals surface area contributed by atoms with Crippen LogP contribution in [0.4, 0.5) is 5.69 Å². The van der Waals surface area contributed by atoms with Crippen LogP contribution in [0.2, 0.25) is 0 Å². The second-order valence-electron chi connectivity index (χ2n) is 6.32. The number of aliphatic imine (C=N–C) groups is 1. The van der Waals surface area contributed by atoms with Crippen molar-refractivity contribution in [3.63, 3.8) is 0 Å². The first-order valence-electron chi connectivity index (χ1n) is 8.56. The second-order valence-corrected chi connectivity index (χ2v) is 8.71. The Morgan fingerprint density at radius 3 is 2.70 bits per heavy atom. The number of fused-ring (bicyclic) bond motifs is 1. The first kappa shape index (κ1) is 17.9. The minimum Gasteiger partial charge on any atom is -0.326 e. The van der Waals surface area contributed by atoms with Crippen LogP contribution in [0.25, 0.3) is 10.2 Å². The Hall–Kier alpha value is -2.51. The van der Waals surface area contributed by atoms with Gasteiger partial charge in [-0.15, -0.1) is 11.3 Å². The molecule has 0 aliphatic carbocycles. The molecule has 1 aliphatic heterocycles. The number of hydrogen-bond donors (Lipinski definition) is 1. The van der Waals surface area contributed by atoms with Crippen molar-refractivity contribution >= 4 is 55.9 Å². The van der Waals surface area contributed by atoms with Gasteiger partial charge in [-0.2, -0.15) is 0 Å². The number of rotatable bonds is 5. The minimum atomic E-state index is -0.458. The fraction of sp³-hybridized carbons (Fsp3) is 0.200. The van der Waals surface area contributed by atoms with Crippen molar-refractivity contribution in [1.82, 2.24) is 4.98 Å². The van der Waals surface area contributed by atoms with Crippen LogP contribution >= 0.6 is 23.1 Å². The number of carbonyl (C=O) groups is 2. The standard InChI is InChI=1S/C20H17N3O2S2/c1-12-6-8-13(9-7-12)21-17(24)10-16-20(25)23-19(27-16)11-18-22-14-4-2-3-5-15(14)26-18/h2-9,16H,10-11H2,1H3,(H,21,24)/t16-/m0/s1. The molecule has 0 spiro atoms. The number of aromatic nitrogens is 1. The van der Waals surface area contributed by atoms with Crippen molar-refractivity contribution in [3.05, 3.63) is 59.1 Å². The second kappa shape index (κ2) is 7.62. The number of benzene rings is 2. The van der Waals surface area contributed by atoms with E-state index in [9.17, 15) is 9.59 Å². The van der Waals surface area contributed by atoms with Crippen LogP contribution in [-0.2, 0) is 16.0 Å². The average molecular weight is 396 g/mol. The highest BCUT2D eigenvalue weighted by molar-refractivity contribution is 8.15. The van der Waals surface area contributed by atoms with Crippen molar-refractivity contribution in [2.45, 2.75) is 25.0 Å². The fourth-order valence-corrected chi connectivity index (χ4v) is 4.93. The Balaban J connectivity index is 1.35. The summed E-state index contributed by atoms with van der Waals surface area (Å²) in [7, 11) is 0. The van der Waals surface area contributed by atoms with Gasteiger partial charge >= 0.3 is 0 Å². The average Bonchev–Trinajstić information content (AvgIpc) is 3.19. The zero-order chi connectivity index (χ0) is 18.8. The summed E-state index contributed by atoms with van der Waals surface area (Å²) in [4.78, 5) is 33.1. The summed E-state index contributed by atoms with van der Waals surface area (Å²) >= 11 is 2.98. The lowest BCUT2D eigenvalue weighted by atomic mass is 10.2. The van der Waals surface area contributed by atoms with Gasteiger partial charge in [-0.3, -0.25) is 9.59 Å². The van der Waals surface area contributed by atoms with Gasteiger partial charge in [0, 0.05) is 18.5 Å². The topological polar surface area (TPSA) is 71.4 Å². The van der Waals surface area contributed by atoms with E-state index < -0.39 is 5.25 Å². The first-order chi connectivity index (χ1) is 13.1. The summed E-state index contributed by atoms with van der Waals surface area (Å²) in [5, 5.41) is 4.03. The molecule has 1 atom stereocenters. The minimum absolute atomic E-state index is 0.115. The Bertz CT molecular complexity index is 1010. The lowest BCUT2D eigenvalue weighted by Gasteiger charge is -2.08. The SMILES string of the molecule is Cc1ccc(NC(=O)C[C@@H]2SC(Cc3nc4ccccc4s3)=NC2=O)cc1. The summed E-state index contributed by atoms with van der Waals surface area (Å²) in [5.41, 5.74) is 2.82. The van der Waals surface area contributed by atoms with Gasteiger partial charge in [-0.05, 0) is 31.2 Å². The van der Waals surface area contributed by atoms with Crippen LogP contribution < -0.4 is 5.32 Å². The van der Waals surface area contributed by atoms with Gasteiger partial charge in [0.15, 0.2) is 0 Å². The maximum absolute atomic E-state index is 12.2. The van der Waals surface area contributed by atoms with Crippen molar-refractivity contribution in [3.8, 4) is 0 Å². The summed E-state index contributed by atoms with van der Waals surface area (Å²) in [6.45, 7) is 1.99.